The molecule has 0 aromatic carbocycles. The number of aromatic nitrogens is 1. The van der Waals surface area contributed by atoms with Crippen molar-refractivity contribution < 1.29 is 0 Å². The molecule has 0 aliphatic carbocycles. The van der Waals surface area contributed by atoms with E-state index in [4.69, 9.17) is 12.2 Å². The lowest BCUT2D eigenvalue weighted by Gasteiger charge is -1.99. The van der Waals surface area contributed by atoms with Crippen molar-refractivity contribution in [3.8, 4) is 0 Å². The molecule has 1 heterocycles. The maximum Gasteiger partial charge on any atom is 0.114 e. The molecule has 0 radical (unpaired) electrons. The monoisotopic (exact) mass is 180 g/mol. The van der Waals surface area contributed by atoms with E-state index in [1.54, 1.807) is 0 Å². The van der Waals surface area contributed by atoms with Crippen LogP contribution in [0.5, 0.6) is 0 Å². The molecule has 0 unspecified atom stereocenters. The molecule has 0 amide bonds. The van der Waals surface area contributed by atoms with E-state index in [1.807, 2.05) is 43.1 Å². The third-order valence-electron chi connectivity index (χ3n) is 1.57. The van der Waals surface area contributed by atoms with E-state index in [-0.39, 0.29) is 0 Å². The fraction of sp³-hybridized carbons (Fsp3) is 0.333. The molecule has 0 saturated heterocycles. The van der Waals surface area contributed by atoms with Crippen LogP contribution in [0.3, 0.4) is 0 Å². The molecule has 0 aliphatic heterocycles. The molecule has 0 atom stereocenters. The van der Waals surface area contributed by atoms with Gasteiger partial charge in [0.2, 0.25) is 0 Å². The Labute approximate surface area is 77.6 Å². The van der Waals surface area contributed by atoms with Crippen LogP contribution in [0.1, 0.15) is 12.5 Å². The van der Waals surface area contributed by atoms with E-state index in [9.17, 15) is 0 Å². The molecule has 1 aromatic rings. The summed E-state index contributed by atoms with van der Waals surface area (Å²) in [6.45, 7) is 2.80. The molecule has 0 aliphatic rings. The van der Waals surface area contributed by atoms with Gasteiger partial charge in [-0.2, -0.15) is 0 Å². The highest BCUT2D eigenvalue weighted by atomic mass is 32.1. The van der Waals surface area contributed by atoms with Gasteiger partial charge in [-0.1, -0.05) is 12.2 Å². The van der Waals surface area contributed by atoms with Crippen molar-refractivity contribution in [2.24, 2.45) is 12.0 Å². The molecular formula is C9H12N2S. The quantitative estimate of drug-likeness (QED) is 0.504. The number of rotatable bonds is 2. The topological polar surface area (TPSA) is 17.3 Å². The second-order valence-electron chi connectivity index (χ2n) is 2.51. The minimum absolute atomic E-state index is 0.799. The lowest BCUT2D eigenvalue weighted by Crippen LogP contribution is -1.95. The van der Waals surface area contributed by atoms with Crippen LogP contribution in [-0.2, 0) is 7.05 Å². The molecule has 0 spiro atoms. The van der Waals surface area contributed by atoms with Crippen molar-refractivity contribution >= 4 is 18.4 Å². The zero-order chi connectivity index (χ0) is 8.97. The molecule has 2 nitrogen and oxygen atoms in total. The SMILES string of the molecule is CCN=Cc1cccn(C)c1=S. The van der Waals surface area contributed by atoms with Crippen molar-refractivity contribution in [3.05, 3.63) is 28.5 Å². The summed E-state index contributed by atoms with van der Waals surface area (Å²) in [5.41, 5.74) is 1.01. The van der Waals surface area contributed by atoms with Gasteiger partial charge in [0, 0.05) is 31.6 Å². The summed E-state index contributed by atoms with van der Waals surface area (Å²) in [4.78, 5) is 4.14. The summed E-state index contributed by atoms with van der Waals surface area (Å²) in [5.74, 6) is 0. The molecule has 3 heteroatoms. The number of hydrogen-bond acceptors (Lipinski definition) is 2. The average molecular weight is 180 g/mol. The largest absolute Gasteiger partial charge is 0.342 e. The van der Waals surface area contributed by atoms with Crippen molar-refractivity contribution in [1.82, 2.24) is 4.57 Å². The third kappa shape index (κ3) is 2.01. The summed E-state index contributed by atoms with van der Waals surface area (Å²) in [7, 11) is 1.94. The molecule has 12 heavy (non-hydrogen) atoms. The highest BCUT2D eigenvalue weighted by molar-refractivity contribution is 7.71. The maximum atomic E-state index is 5.18. The van der Waals surface area contributed by atoms with E-state index < -0.39 is 0 Å². The number of pyridine rings is 1. The highest BCUT2D eigenvalue weighted by Crippen LogP contribution is 1.98. The van der Waals surface area contributed by atoms with Gasteiger partial charge >= 0.3 is 0 Å². The maximum absolute atomic E-state index is 5.18. The van der Waals surface area contributed by atoms with Crippen LogP contribution in [0.25, 0.3) is 0 Å². The predicted molar refractivity (Wildman–Crippen MR) is 54.4 cm³/mol. The number of hydrogen-bond donors (Lipinski definition) is 0. The first-order valence-electron chi connectivity index (χ1n) is 3.91. The molecule has 1 rings (SSSR count). The Morgan fingerprint density at radius 2 is 2.42 bits per heavy atom. The van der Waals surface area contributed by atoms with Crippen LogP contribution in [0, 0.1) is 4.64 Å². The van der Waals surface area contributed by atoms with Crippen molar-refractivity contribution in [2.45, 2.75) is 6.92 Å². The second-order valence-corrected chi connectivity index (χ2v) is 2.89. The van der Waals surface area contributed by atoms with Crippen molar-refractivity contribution in [3.63, 3.8) is 0 Å². The fourth-order valence-corrected chi connectivity index (χ4v) is 1.09. The Kier molecular flexibility index (Phi) is 3.17. The summed E-state index contributed by atoms with van der Waals surface area (Å²) in [5, 5.41) is 0. The first kappa shape index (κ1) is 9.13. The van der Waals surface area contributed by atoms with E-state index in [2.05, 4.69) is 4.99 Å². The molecule has 64 valence electrons. The number of aryl methyl sites for hydroxylation is 1. The van der Waals surface area contributed by atoms with Gasteiger partial charge in [-0.3, -0.25) is 4.99 Å². The van der Waals surface area contributed by atoms with Gasteiger partial charge in [0.15, 0.2) is 0 Å². The van der Waals surface area contributed by atoms with Crippen molar-refractivity contribution in [2.75, 3.05) is 6.54 Å². The Morgan fingerprint density at radius 1 is 1.67 bits per heavy atom. The molecule has 0 saturated carbocycles. The van der Waals surface area contributed by atoms with Gasteiger partial charge in [0.05, 0.1) is 0 Å². The molecule has 0 N–H and O–H groups in total. The van der Waals surface area contributed by atoms with Crippen LogP contribution in [0.4, 0.5) is 0 Å². The molecule has 0 bridgehead atoms. The van der Waals surface area contributed by atoms with Crippen LogP contribution in [0.2, 0.25) is 0 Å². The fourth-order valence-electron chi connectivity index (χ4n) is 0.906. The van der Waals surface area contributed by atoms with Crippen LogP contribution < -0.4 is 0 Å². The van der Waals surface area contributed by atoms with E-state index >= 15 is 0 Å². The zero-order valence-corrected chi connectivity index (χ0v) is 8.14. The normalized spacial score (nSPS) is 10.8. The summed E-state index contributed by atoms with van der Waals surface area (Å²) in [6.07, 6.45) is 3.76. The van der Waals surface area contributed by atoms with E-state index in [1.165, 1.54) is 0 Å². The molecule has 0 fully saturated rings. The minimum atomic E-state index is 0.799. The van der Waals surface area contributed by atoms with Crippen LogP contribution in [0.15, 0.2) is 23.3 Å². The van der Waals surface area contributed by atoms with E-state index in [0.717, 1.165) is 16.7 Å². The second kappa shape index (κ2) is 4.16. The minimum Gasteiger partial charge on any atom is -0.342 e. The molecule has 1 aromatic heterocycles. The first-order valence-corrected chi connectivity index (χ1v) is 4.32. The molecular weight excluding hydrogens is 168 g/mol. The lowest BCUT2D eigenvalue weighted by molar-refractivity contribution is 0.885. The Balaban J connectivity index is 3.09. The highest BCUT2D eigenvalue weighted by Gasteiger charge is 1.91. The van der Waals surface area contributed by atoms with Gasteiger partial charge in [-0.25, -0.2) is 0 Å². The van der Waals surface area contributed by atoms with Gasteiger partial charge < -0.3 is 4.57 Å². The average Bonchev–Trinajstić information content (AvgIpc) is 2.08. The van der Waals surface area contributed by atoms with Crippen LogP contribution >= 0.6 is 12.2 Å². The third-order valence-corrected chi connectivity index (χ3v) is 2.09. The summed E-state index contributed by atoms with van der Waals surface area (Å²) < 4.78 is 2.74. The lowest BCUT2D eigenvalue weighted by atomic mass is 10.3. The predicted octanol–water partition coefficient (Wildman–Crippen LogP) is 2.19. The van der Waals surface area contributed by atoms with Crippen molar-refractivity contribution in [1.29, 1.82) is 0 Å². The Bertz CT molecular complexity index is 339. The number of aliphatic imine (C=N–C) groups is 1. The first-order chi connectivity index (χ1) is 5.75. The standard InChI is InChI=1S/C9H12N2S/c1-3-10-7-8-5-4-6-11(2)9(8)12/h4-7H,3H2,1-2H3. The summed E-state index contributed by atoms with van der Waals surface area (Å²) >= 11 is 5.18. The Morgan fingerprint density at radius 3 is 3.08 bits per heavy atom. The van der Waals surface area contributed by atoms with Gasteiger partial charge in [0.25, 0.3) is 0 Å². The Hall–Kier alpha value is -0.960. The van der Waals surface area contributed by atoms with Gasteiger partial charge in [-0.15, -0.1) is 0 Å². The zero-order valence-electron chi connectivity index (χ0n) is 7.32. The van der Waals surface area contributed by atoms with E-state index in [0.29, 0.717) is 0 Å². The number of nitrogens with zero attached hydrogens (tertiary/aromatic N) is 2. The van der Waals surface area contributed by atoms with Gasteiger partial charge in [-0.05, 0) is 19.1 Å². The smallest absolute Gasteiger partial charge is 0.114 e. The summed E-state index contributed by atoms with van der Waals surface area (Å²) in [6, 6.07) is 3.94. The van der Waals surface area contributed by atoms with Crippen LogP contribution in [-0.4, -0.2) is 17.3 Å². The van der Waals surface area contributed by atoms with Gasteiger partial charge in [0.1, 0.15) is 4.64 Å².